The zero-order valence-electron chi connectivity index (χ0n) is 29.5. The highest BCUT2D eigenvalue weighted by Gasteiger charge is 2.39. The quantitative estimate of drug-likeness (QED) is 0.212. The Kier molecular flexibility index (Phi) is 11.1. The minimum atomic E-state index is -0.814. The highest BCUT2D eigenvalue weighted by molar-refractivity contribution is 5.99. The fourth-order valence-corrected chi connectivity index (χ4v) is 6.82. The third kappa shape index (κ3) is 8.20. The molecule has 2 aromatic heterocycles. The van der Waals surface area contributed by atoms with Crippen molar-refractivity contribution in [2.45, 2.75) is 64.1 Å². The fraction of sp³-hybridized carbons (Fsp3) is 0.359. The summed E-state index contributed by atoms with van der Waals surface area (Å²) in [4.78, 5) is 77.0. The van der Waals surface area contributed by atoms with E-state index in [2.05, 4.69) is 30.7 Å². The maximum Gasteiger partial charge on any atom is 0.407 e. The number of nitrogens with one attached hydrogen (secondary N) is 3. The molecule has 0 spiro atoms. The molecule has 2 aromatic carbocycles. The van der Waals surface area contributed by atoms with Crippen molar-refractivity contribution in [1.82, 2.24) is 25.1 Å². The van der Waals surface area contributed by atoms with Gasteiger partial charge in [0.05, 0.1) is 19.0 Å². The van der Waals surface area contributed by atoms with E-state index in [-0.39, 0.29) is 36.0 Å². The van der Waals surface area contributed by atoms with Crippen molar-refractivity contribution in [3.05, 3.63) is 84.6 Å². The standard InChI is InChI=1S/C39H43N7O6/c1-24(2)35(44-39(51)52-3)38(50)46-20-8-12-31(46)37(49)42-32-17-15-28(23-40-32)26-13-16-29-27(22-26)14-18-33(41-29)43-36(48)30-11-7-19-45(30)34(47)21-25-9-5-4-6-10-25/h4-6,9-10,13-18,22-24,30-31,35H,7-8,11-12,19-21H2,1-3H3,(H,44,51)(H,40,42,49)(H,41,43,48)/t30-,31-,35-/m0/s1. The van der Waals surface area contributed by atoms with E-state index in [1.54, 1.807) is 23.2 Å². The maximum absolute atomic E-state index is 13.3. The lowest BCUT2D eigenvalue weighted by atomic mass is 10.0. The van der Waals surface area contributed by atoms with Gasteiger partial charge in [-0.2, -0.15) is 0 Å². The second-order valence-corrected chi connectivity index (χ2v) is 13.5. The second-order valence-electron chi connectivity index (χ2n) is 13.5. The molecule has 2 saturated heterocycles. The minimum absolute atomic E-state index is 0.0636. The molecule has 0 aliphatic carbocycles. The number of fused-ring (bicyclic) bond motifs is 1. The van der Waals surface area contributed by atoms with Crippen molar-refractivity contribution in [2.24, 2.45) is 5.92 Å². The molecule has 3 N–H and O–H groups in total. The monoisotopic (exact) mass is 705 g/mol. The third-order valence-electron chi connectivity index (χ3n) is 9.59. The molecule has 0 bridgehead atoms. The first-order valence-electron chi connectivity index (χ1n) is 17.6. The lowest BCUT2D eigenvalue weighted by Crippen LogP contribution is -2.54. The number of nitrogens with zero attached hydrogens (tertiary/aromatic N) is 4. The summed E-state index contributed by atoms with van der Waals surface area (Å²) in [6.07, 6.45) is 3.76. The van der Waals surface area contributed by atoms with Crippen LogP contribution >= 0.6 is 0 Å². The van der Waals surface area contributed by atoms with E-state index in [9.17, 15) is 24.0 Å². The molecule has 2 fully saturated rings. The van der Waals surface area contributed by atoms with Gasteiger partial charge in [-0.05, 0) is 79.1 Å². The number of aromatic nitrogens is 2. The molecule has 6 rings (SSSR count). The molecule has 2 aliphatic heterocycles. The number of likely N-dealkylation sites (tertiary alicyclic amines) is 2. The van der Waals surface area contributed by atoms with Gasteiger partial charge in [0, 0.05) is 30.2 Å². The molecule has 270 valence electrons. The fourth-order valence-electron chi connectivity index (χ4n) is 6.82. The van der Waals surface area contributed by atoms with Gasteiger partial charge in [0.1, 0.15) is 29.8 Å². The smallest absolute Gasteiger partial charge is 0.407 e. The number of rotatable bonds is 10. The Balaban J connectivity index is 1.07. The van der Waals surface area contributed by atoms with Crippen LogP contribution in [0.1, 0.15) is 45.1 Å². The Morgan fingerprint density at radius 3 is 2.13 bits per heavy atom. The minimum Gasteiger partial charge on any atom is -0.453 e. The van der Waals surface area contributed by atoms with Crippen molar-refractivity contribution in [3.63, 3.8) is 0 Å². The zero-order chi connectivity index (χ0) is 36.8. The Bertz CT molecular complexity index is 1950. The average molecular weight is 706 g/mol. The summed E-state index contributed by atoms with van der Waals surface area (Å²) >= 11 is 0. The molecule has 0 radical (unpaired) electrons. The van der Waals surface area contributed by atoms with E-state index in [4.69, 9.17) is 0 Å². The number of methoxy groups -OCH3 is 1. The van der Waals surface area contributed by atoms with Crippen LogP contribution in [0.15, 0.2) is 79.0 Å². The Hall–Kier alpha value is -5.85. The van der Waals surface area contributed by atoms with E-state index in [0.29, 0.717) is 49.5 Å². The number of carbonyl (C=O) groups excluding carboxylic acids is 5. The number of benzene rings is 2. The normalized spacial score (nSPS) is 17.5. The van der Waals surface area contributed by atoms with Crippen molar-refractivity contribution in [3.8, 4) is 11.1 Å². The van der Waals surface area contributed by atoms with Crippen LogP contribution in [-0.2, 0) is 30.3 Å². The molecule has 4 heterocycles. The molecular formula is C39H43N7O6. The van der Waals surface area contributed by atoms with Crippen LogP contribution in [0.2, 0.25) is 0 Å². The van der Waals surface area contributed by atoms with Gasteiger partial charge in [-0.25, -0.2) is 14.8 Å². The Labute approximate surface area is 302 Å². The summed E-state index contributed by atoms with van der Waals surface area (Å²) in [5.74, 6) is -0.410. The molecule has 0 unspecified atom stereocenters. The number of pyridine rings is 2. The number of hydrogen-bond donors (Lipinski definition) is 3. The maximum atomic E-state index is 13.3. The number of ether oxygens (including phenoxy) is 1. The highest BCUT2D eigenvalue weighted by Crippen LogP contribution is 2.27. The number of carbonyl (C=O) groups is 5. The molecule has 52 heavy (non-hydrogen) atoms. The summed E-state index contributed by atoms with van der Waals surface area (Å²) in [6.45, 7) is 4.61. The van der Waals surface area contributed by atoms with Crippen LogP contribution in [0.5, 0.6) is 0 Å². The van der Waals surface area contributed by atoms with Gasteiger partial charge < -0.3 is 30.5 Å². The van der Waals surface area contributed by atoms with E-state index in [0.717, 1.165) is 28.5 Å². The molecule has 4 aromatic rings. The van der Waals surface area contributed by atoms with Gasteiger partial charge in [0.2, 0.25) is 23.6 Å². The summed E-state index contributed by atoms with van der Waals surface area (Å²) in [7, 11) is 1.24. The third-order valence-corrected chi connectivity index (χ3v) is 9.59. The van der Waals surface area contributed by atoms with Crippen molar-refractivity contribution in [1.29, 1.82) is 0 Å². The number of anilines is 2. The van der Waals surface area contributed by atoms with Crippen LogP contribution in [0, 0.1) is 5.92 Å². The summed E-state index contributed by atoms with van der Waals surface area (Å²) in [5.41, 5.74) is 3.32. The van der Waals surface area contributed by atoms with Gasteiger partial charge >= 0.3 is 6.09 Å². The summed E-state index contributed by atoms with van der Waals surface area (Å²) < 4.78 is 4.68. The molecule has 13 heteroatoms. The van der Waals surface area contributed by atoms with Gasteiger partial charge in [0.25, 0.3) is 0 Å². The van der Waals surface area contributed by atoms with E-state index in [1.807, 2.05) is 74.5 Å². The molecule has 2 aliphatic rings. The van der Waals surface area contributed by atoms with E-state index < -0.39 is 24.2 Å². The second kappa shape index (κ2) is 16.0. The zero-order valence-corrected chi connectivity index (χ0v) is 29.5. The van der Waals surface area contributed by atoms with Crippen molar-refractivity contribution >= 4 is 52.3 Å². The van der Waals surface area contributed by atoms with Crippen molar-refractivity contribution in [2.75, 3.05) is 30.8 Å². The molecule has 0 saturated carbocycles. The highest BCUT2D eigenvalue weighted by atomic mass is 16.5. The van der Waals surface area contributed by atoms with Gasteiger partial charge in [0.15, 0.2) is 0 Å². The van der Waals surface area contributed by atoms with Gasteiger partial charge in [-0.1, -0.05) is 50.2 Å². The van der Waals surface area contributed by atoms with Crippen LogP contribution in [-0.4, -0.2) is 87.8 Å². The lowest BCUT2D eigenvalue weighted by molar-refractivity contribution is -0.139. The summed E-state index contributed by atoms with van der Waals surface area (Å²) in [5, 5.41) is 9.20. The molecular weight excluding hydrogens is 662 g/mol. The summed E-state index contributed by atoms with van der Waals surface area (Å²) in [6, 6.07) is 20.4. The van der Waals surface area contributed by atoms with Crippen molar-refractivity contribution < 1.29 is 28.7 Å². The SMILES string of the molecule is COC(=O)N[C@H](C(=O)N1CCC[C@H]1C(=O)Nc1ccc(-c2ccc3nc(NC(=O)[C@@H]4CCCN4C(=O)Cc4ccccc4)ccc3c2)cn1)C(C)C. The lowest BCUT2D eigenvalue weighted by Gasteiger charge is -2.30. The molecule has 5 amide bonds. The Morgan fingerprint density at radius 1 is 0.808 bits per heavy atom. The number of amides is 5. The Morgan fingerprint density at radius 2 is 1.46 bits per heavy atom. The molecule has 3 atom stereocenters. The largest absolute Gasteiger partial charge is 0.453 e. The first-order chi connectivity index (χ1) is 25.1. The van der Waals surface area contributed by atoms with E-state index >= 15 is 0 Å². The van der Waals surface area contributed by atoms with Gasteiger partial charge in [-0.15, -0.1) is 0 Å². The predicted molar refractivity (Wildman–Crippen MR) is 196 cm³/mol. The van der Waals surface area contributed by atoms with Crippen LogP contribution in [0.3, 0.4) is 0 Å². The molecule has 13 nitrogen and oxygen atoms in total. The predicted octanol–water partition coefficient (Wildman–Crippen LogP) is 4.78. The van der Waals surface area contributed by atoms with Crippen LogP contribution in [0.4, 0.5) is 16.4 Å². The van der Waals surface area contributed by atoms with Gasteiger partial charge in [-0.3, -0.25) is 19.2 Å². The number of alkyl carbamates (subject to hydrolysis) is 1. The van der Waals surface area contributed by atoms with Crippen LogP contribution in [0.25, 0.3) is 22.0 Å². The first-order valence-corrected chi connectivity index (χ1v) is 17.6. The topological polar surface area (TPSA) is 163 Å². The van der Waals surface area contributed by atoms with E-state index in [1.165, 1.54) is 12.0 Å². The number of hydrogen-bond acceptors (Lipinski definition) is 8. The first kappa shape index (κ1) is 36.0. The average Bonchev–Trinajstić information content (AvgIpc) is 3.85. The van der Waals surface area contributed by atoms with Crippen LogP contribution < -0.4 is 16.0 Å².